The van der Waals surface area contributed by atoms with Crippen LogP contribution in [0.1, 0.15) is 25.7 Å². The maximum absolute atomic E-state index is 12.1. The molecule has 0 aromatic rings. The summed E-state index contributed by atoms with van der Waals surface area (Å²) in [5, 5.41) is 3.04. The number of nitrogens with one attached hydrogen (secondary N) is 1. The highest BCUT2D eigenvalue weighted by atomic mass is 16.5. The molecule has 0 spiro atoms. The quantitative estimate of drug-likeness (QED) is 0.765. The van der Waals surface area contributed by atoms with Crippen LogP contribution in [0.5, 0.6) is 0 Å². The van der Waals surface area contributed by atoms with Crippen molar-refractivity contribution in [3.63, 3.8) is 0 Å². The van der Waals surface area contributed by atoms with Crippen LogP contribution in [-0.2, 0) is 9.53 Å². The number of amides is 1. The van der Waals surface area contributed by atoms with Crippen molar-refractivity contribution in [3.05, 3.63) is 0 Å². The standard InChI is InChI=1S/C14H27N3O2/c1-17-6-2-11(3-7-17)10-16-14(18)13(15)12-4-8-19-9-5-12/h11-13H,2-10,15H2,1H3,(H,16,18). The molecular weight excluding hydrogens is 242 g/mol. The van der Waals surface area contributed by atoms with Crippen molar-refractivity contribution in [2.45, 2.75) is 31.7 Å². The van der Waals surface area contributed by atoms with Crippen molar-refractivity contribution in [1.29, 1.82) is 0 Å². The van der Waals surface area contributed by atoms with Crippen LogP contribution < -0.4 is 11.1 Å². The van der Waals surface area contributed by atoms with Crippen LogP contribution in [0.25, 0.3) is 0 Å². The lowest BCUT2D eigenvalue weighted by molar-refractivity contribution is -0.124. The van der Waals surface area contributed by atoms with Crippen molar-refractivity contribution in [1.82, 2.24) is 10.2 Å². The minimum absolute atomic E-state index is 0.0193. The monoisotopic (exact) mass is 269 g/mol. The molecule has 2 aliphatic rings. The molecule has 2 aliphatic heterocycles. The van der Waals surface area contributed by atoms with Gasteiger partial charge in [-0.2, -0.15) is 0 Å². The molecule has 2 rings (SSSR count). The maximum atomic E-state index is 12.1. The Morgan fingerprint density at radius 2 is 1.95 bits per heavy atom. The summed E-state index contributed by atoms with van der Waals surface area (Å²) in [6.45, 7) is 4.52. The Bertz CT molecular complexity index is 284. The smallest absolute Gasteiger partial charge is 0.237 e. The lowest BCUT2D eigenvalue weighted by Crippen LogP contribution is -2.48. The van der Waals surface area contributed by atoms with Gasteiger partial charge in [-0.05, 0) is 57.7 Å². The Labute approximate surface area is 115 Å². The van der Waals surface area contributed by atoms with Gasteiger partial charge in [0.05, 0.1) is 6.04 Å². The molecule has 19 heavy (non-hydrogen) atoms. The fourth-order valence-electron chi connectivity index (χ4n) is 2.92. The first-order valence-electron chi connectivity index (χ1n) is 7.46. The van der Waals surface area contributed by atoms with Gasteiger partial charge in [-0.25, -0.2) is 0 Å². The van der Waals surface area contributed by atoms with Crippen molar-refractivity contribution in [3.8, 4) is 0 Å². The van der Waals surface area contributed by atoms with Gasteiger partial charge >= 0.3 is 0 Å². The predicted octanol–water partition coefficient (Wildman–Crippen LogP) is 0.198. The van der Waals surface area contributed by atoms with E-state index in [1.165, 1.54) is 12.8 Å². The average Bonchev–Trinajstić information content (AvgIpc) is 2.46. The van der Waals surface area contributed by atoms with Gasteiger partial charge in [-0.1, -0.05) is 0 Å². The van der Waals surface area contributed by atoms with E-state index in [1.807, 2.05) is 0 Å². The van der Waals surface area contributed by atoms with Gasteiger partial charge in [0.2, 0.25) is 5.91 Å². The van der Waals surface area contributed by atoms with Gasteiger partial charge < -0.3 is 20.7 Å². The van der Waals surface area contributed by atoms with Crippen molar-refractivity contribution >= 4 is 5.91 Å². The number of ether oxygens (including phenoxy) is 1. The van der Waals surface area contributed by atoms with E-state index in [0.717, 1.165) is 45.7 Å². The Kier molecular flexibility index (Phi) is 5.60. The molecule has 0 aromatic carbocycles. The third-order valence-corrected chi connectivity index (χ3v) is 4.48. The molecule has 5 nitrogen and oxygen atoms in total. The SMILES string of the molecule is CN1CCC(CNC(=O)C(N)C2CCOCC2)CC1. The highest BCUT2D eigenvalue weighted by molar-refractivity contribution is 5.81. The maximum Gasteiger partial charge on any atom is 0.237 e. The number of likely N-dealkylation sites (tertiary alicyclic amines) is 1. The van der Waals surface area contributed by atoms with E-state index in [9.17, 15) is 4.79 Å². The predicted molar refractivity (Wildman–Crippen MR) is 74.7 cm³/mol. The van der Waals surface area contributed by atoms with Crippen LogP contribution in [0.15, 0.2) is 0 Å². The van der Waals surface area contributed by atoms with E-state index in [-0.39, 0.29) is 17.9 Å². The summed E-state index contributed by atoms with van der Waals surface area (Å²) in [6, 6.07) is -0.366. The van der Waals surface area contributed by atoms with Crippen molar-refractivity contribution in [2.24, 2.45) is 17.6 Å². The average molecular weight is 269 g/mol. The first-order chi connectivity index (χ1) is 9.16. The zero-order chi connectivity index (χ0) is 13.7. The molecule has 1 unspecified atom stereocenters. The topological polar surface area (TPSA) is 67.6 Å². The summed E-state index contributed by atoms with van der Waals surface area (Å²) < 4.78 is 5.30. The molecule has 110 valence electrons. The number of piperidine rings is 1. The second-order valence-electron chi connectivity index (χ2n) is 5.97. The number of nitrogens with zero attached hydrogens (tertiary/aromatic N) is 1. The van der Waals surface area contributed by atoms with E-state index < -0.39 is 0 Å². The van der Waals surface area contributed by atoms with Crippen LogP contribution in [-0.4, -0.2) is 56.7 Å². The van der Waals surface area contributed by atoms with Gasteiger partial charge in [0.25, 0.3) is 0 Å². The molecule has 0 aliphatic carbocycles. The highest BCUT2D eigenvalue weighted by Crippen LogP contribution is 2.18. The minimum atomic E-state index is -0.366. The van der Waals surface area contributed by atoms with Crippen molar-refractivity contribution < 1.29 is 9.53 Å². The third-order valence-electron chi connectivity index (χ3n) is 4.48. The number of carbonyl (C=O) groups is 1. The molecular formula is C14H27N3O2. The third kappa shape index (κ3) is 4.44. The first-order valence-corrected chi connectivity index (χ1v) is 7.46. The van der Waals surface area contributed by atoms with Gasteiger partial charge in [0.1, 0.15) is 0 Å². The fourth-order valence-corrected chi connectivity index (χ4v) is 2.92. The Morgan fingerprint density at radius 3 is 2.58 bits per heavy atom. The lowest BCUT2D eigenvalue weighted by atomic mass is 9.91. The van der Waals surface area contributed by atoms with Gasteiger partial charge in [-0.3, -0.25) is 4.79 Å². The van der Waals surface area contributed by atoms with Crippen LogP contribution in [0.2, 0.25) is 0 Å². The summed E-state index contributed by atoms with van der Waals surface area (Å²) in [6.07, 6.45) is 4.15. The summed E-state index contributed by atoms with van der Waals surface area (Å²) >= 11 is 0. The molecule has 2 saturated heterocycles. The van der Waals surface area contributed by atoms with Crippen LogP contribution in [0.3, 0.4) is 0 Å². The zero-order valence-corrected chi connectivity index (χ0v) is 11.9. The van der Waals surface area contributed by atoms with E-state index in [4.69, 9.17) is 10.5 Å². The molecule has 0 saturated carbocycles. The Balaban J connectivity index is 1.68. The summed E-state index contributed by atoms with van der Waals surface area (Å²) in [7, 11) is 2.15. The number of hydrogen-bond donors (Lipinski definition) is 2. The molecule has 3 N–H and O–H groups in total. The number of hydrogen-bond acceptors (Lipinski definition) is 4. The minimum Gasteiger partial charge on any atom is -0.381 e. The first kappa shape index (κ1) is 14.8. The molecule has 2 heterocycles. The Hall–Kier alpha value is -0.650. The molecule has 0 aromatic heterocycles. The van der Waals surface area contributed by atoms with Crippen LogP contribution in [0, 0.1) is 11.8 Å². The van der Waals surface area contributed by atoms with Gasteiger partial charge in [-0.15, -0.1) is 0 Å². The largest absolute Gasteiger partial charge is 0.381 e. The number of nitrogens with two attached hydrogens (primary N) is 1. The molecule has 0 radical (unpaired) electrons. The second-order valence-corrected chi connectivity index (χ2v) is 5.97. The molecule has 1 amide bonds. The molecule has 0 bridgehead atoms. The zero-order valence-electron chi connectivity index (χ0n) is 11.9. The van der Waals surface area contributed by atoms with E-state index in [0.29, 0.717) is 5.92 Å². The van der Waals surface area contributed by atoms with Gasteiger partial charge in [0, 0.05) is 19.8 Å². The second kappa shape index (κ2) is 7.22. The highest BCUT2D eigenvalue weighted by Gasteiger charge is 2.27. The number of rotatable bonds is 4. The summed E-state index contributed by atoms with van der Waals surface area (Å²) in [5.74, 6) is 0.916. The van der Waals surface area contributed by atoms with E-state index >= 15 is 0 Å². The Morgan fingerprint density at radius 1 is 1.32 bits per heavy atom. The van der Waals surface area contributed by atoms with E-state index in [2.05, 4.69) is 17.3 Å². The fraction of sp³-hybridized carbons (Fsp3) is 0.929. The molecule has 2 fully saturated rings. The van der Waals surface area contributed by atoms with Crippen LogP contribution >= 0.6 is 0 Å². The van der Waals surface area contributed by atoms with Crippen LogP contribution in [0.4, 0.5) is 0 Å². The van der Waals surface area contributed by atoms with Crippen molar-refractivity contribution in [2.75, 3.05) is 39.9 Å². The normalized spacial score (nSPS) is 25.2. The molecule has 5 heteroatoms. The molecule has 1 atom stereocenters. The van der Waals surface area contributed by atoms with Gasteiger partial charge in [0.15, 0.2) is 0 Å². The number of carbonyl (C=O) groups excluding carboxylic acids is 1. The lowest BCUT2D eigenvalue weighted by Gasteiger charge is -2.30. The summed E-state index contributed by atoms with van der Waals surface area (Å²) in [5.41, 5.74) is 6.05. The summed E-state index contributed by atoms with van der Waals surface area (Å²) in [4.78, 5) is 14.4. The van der Waals surface area contributed by atoms with E-state index in [1.54, 1.807) is 0 Å².